The van der Waals surface area contributed by atoms with Gasteiger partial charge in [0.1, 0.15) is 0 Å². The molecule has 1 aromatic carbocycles. The van der Waals surface area contributed by atoms with Gasteiger partial charge in [0.25, 0.3) is 0 Å². The first-order chi connectivity index (χ1) is 8.72. The van der Waals surface area contributed by atoms with Crippen molar-refractivity contribution in [2.45, 2.75) is 13.0 Å². The van der Waals surface area contributed by atoms with Crippen LogP contribution in [0.1, 0.15) is 12.0 Å². The third kappa shape index (κ3) is 4.18. The molecule has 6 heteroatoms. The monoisotopic (exact) mass is 348 g/mol. The SMILES string of the molecule is COCc1c(Br)cccc1NC(=O)C1CCNC1.Cl. The quantitative estimate of drug-likeness (QED) is 0.878. The number of hydrogen-bond donors (Lipinski definition) is 2. The van der Waals surface area contributed by atoms with Gasteiger partial charge in [-0.1, -0.05) is 22.0 Å². The predicted octanol–water partition coefficient (Wildman–Crippen LogP) is 2.57. The minimum absolute atomic E-state index is 0. The molecule has 1 heterocycles. The second-order valence-corrected chi connectivity index (χ2v) is 5.23. The van der Waals surface area contributed by atoms with Crippen LogP contribution in [0.15, 0.2) is 22.7 Å². The van der Waals surface area contributed by atoms with E-state index in [1.165, 1.54) is 0 Å². The number of hydrogen-bond acceptors (Lipinski definition) is 3. The zero-order valence-corrected chi connectivity index (χ0v) is 13.1. The molecule has 1 unspecified atom stereocenters. The number of nitrogens with one attached hydrogen (secondary N) is 2. The largest absolute Gasteiger partial charge is 0.380 e. The summed E-state index contributed by atoms with van der Waals surface area (Å²) in [5.41, 5.74) is 1.79. The van der Waals surface area contributed by atoms with Crippen LogP contribution >= 0.6 is 28.3 Å². The predicted molar refractivity (Wildman–Crippen MR) is 81.7 cm³/mol. The molecule has 1 fully saturated rings. The highest BCUT2D eigenvalue weighted by Gasteiger charge is 2.23. The Morgan fingerprint density at radius 3 is 3.00 bits per heavy atom. The summed E-state index contributed by atoms with van der Waals surface area (Å²) in [5, 5.41) is 6.18. The highest BCUT2D eigenvalue weighted by molar-refractivity contribution is 9.10. The molecule has 1 amide bonds. The minimum atomic E-state index is 0. The van der Waals surface area contributed by atoms with Crippen LogP contribution in [-0.2, 0) is 16.1 Å². The van der Waals surface area contributed by atoms with Crippen molar-refractivity contribution in [2.24, 2.45) is 5.92 Å². The van der Waals surface area contributed by atoms with Crippen molar-refractivity contribution >= 4 is 39.9 Å². The van der Waals surface area contributed by atoms with Crippen LogP contribution in [0.5, 0.6) is 0 Å². The van der Waals surface area contributed by atoms with Crippen molar-refractivity contribution in [1.29, 1.82) is 0 Å². The molecule has 0 radical (unpaired) electrons. The zero-order valence-electron chi connectivity index (χ0n) is 10.7. The van der Waals surface area contributed by atoms with Gasteiger partial charge in [-0.2, -0.15) is 0 Å². The topological polar surface area (TPSA) is 50.4 Å². The van der Waals surface area contributed by atoms with Crippen LogP contribution in [0.25, 0.3) is 0 Å². The van der Waals surface area contributed by atoms with E-state index in [1.54, 1.807) is 7.11 Å². The highest BCUT2D eigenvalue weighted by atomic mass is 79.9. The van der Waals surface area contributed by atoms with Gasteiger partial charge in [-0.15, -0.1) is 12.4 Å². The van der Waals surface area contributed by atoms with Gasteiger partial charge in [-0.25, -0.2) is 0 Å². The zero-order chi connectivity index (χ0) is 13.0. The maximum Gasteiger partial charge on any atom is 0.228 e. The van der Waals surface area contributed by atoms with Gasteiger partial charge in [0, 0.05) is 29.4 Å². The highest BCUT2D eigenvalue weighted by Crippen LogP contribution is 2.26. The number of anilines is 1. The fraction of sp³-hybridized carbons (Fsp3) is 0.462. The van der Waals surface area contributed by atoms with Crippen LogP contribution in [0, 0.1) is 5.92 Å². The molecule has 1 saturated heterocycles. The standard InChI is InChI=1S/C13H17BrN2O2.ClH/c1-18-8-10-11(14)3-2-4-12(10)16-13(17)9-5-6-15-7-9;/h2-4,9,15H,5-8H2,1H3,(H,16,17);1H. The Bertz CT molecular complexity index is 437. The fourth-order valence-electron chi connectivity index (χ4n) is 2.08. The summed E-state index contributed by atoms with van der Waals surface area (Å²) in [6, 6.07) is 5.76. The molecule has 0 aliphatic carbocycles. The van der Waals surface area contributed by atoms with Gasteiger partial charge in [-0.3, -0.25) is 4.79 Å². The summed E-state index contributed by atoms with van der Waals surface area (Å²) < 4.78 is 6.11. The first-order valence-corrected chi connectivity index (χ1v) is 6.79. The summed E-state index contributed by atoms with van der Waals surface area (Å²) in [6.07, 6.45) is 0.902. The number of benzene rings is 1. The van der Waals surface area contributed by atoms with Crippen molar-refractivity contribution in [1.82, 2.24) is 5.32 Å². The van der Waals surface area contributed by atoms with E-state index in [1.807, 2.05) is 18.2 Å². The molecule has 0 bridgehead atoms. The van der Waals surface area contributed by atoms with Crippen molar-refractivity contribution in [2.75, 3.05) is 25.5 Å². The maximum absolute atomic E-state index is 12.1. The van der Waals surface area contributed by atoms with Gasteiger partial charge < -0.3 is 15.4 Å². The molecule has 1 aromatic rings. The maximum atomic E-state index is 12.1. The molecule has 1 aliphatic rings. The van der Waals surface area contributed by atoms with Gasteiger partial charge in [0.2, 0.25) is 5.91 Å². The molecule has 1 aliphatic heterocycles. The Kier molecular flexibility index (Phi) is 6.79. The van der Waals surface area contributed by atoms with E-state index >= 15 is 0 Å². The molecule has 0 spiro atoms. The lowest BCUT2D eigenvalue weighted by atomic mass is 10.1. The number of methoxy groups -OCH3 is 1. The number of halogens is 2. The Morgan fingerprint density at radius 1 is 1.58 bits per heavy atom. The van der Waals surface area contributed by atoms with Gasteiger partial charge in [0.15, 0.2) is 0 Å². The van der Waals surface area contributed by atoms with Crippen LogP contribution in [0.4, 0.5) is 5.69 Å². The molecule has 4 nitrogen and oxygen atoms in total. The van der Waals surface area contributed by atoms with Crippen LogP contribution in [0.2, 0.25) is 0 Å². The minimum Gasteiger partial charge on any atom is -0.380 e. The average molecular weight is 350 g/mol. The lowest BCUT2D eigenvalue weighted by molar-refractivity contribution is -0.119. The Labute approximate surface area is 127 Å². The third-order valence-electron chi connectivity index (χ3n) is 3.10. The van der Waals surface area contributed by atoms with E-state index in [0.29, 0.717) is 6.61 Å². The van der Waals surface area contributed by atoms with Crippen molar-refractivity contribution < 1.29 is 9.53 Å². The summed E-state index contributed by atoms with van der Waals surface area (Å²) in [4.78, 5) is 12.1. The molecular formula is C13H18BrClN2O2. The summed E-state index contributed by atoms with van der Waals surface area (Å²) in [5.74, 6) is 0.148. The third-order valence-corrected chi connectivity index (χ3v) is 3.84. The summed E-state index contributed by atoms with van der Waals surface area (Å²) in [6.45, 7) is 2.15. The second kappa shape index (κ2) is 7.85. The van der Waals surface area contributed by atoms with E-state index in [9.17, 15) is 4.79 Å². The number of carbonyl (C=O) groups is 1. The lowest BCUT2D eigenvalue weighted by Crippen LogP contribution is -2.25. The van der Waals surface area contributed by atoms with Gasteiger partial charge in [0.05, 0.1) is 12.5 Å². The molecular weight excluding hydrogens is 332 g/mol. The molecule has 19 heavy (non-hydrogen) atoms. The molecule has 1 atom stereocenters. The first kappa shape index (κ1) is 16.4. The van der Waals surface area contributed by atoms with Crippen molar-refractivity contribution in [3.8, 4) is 0 Å². The van der Waals surface area contributed by atoms with Crippen molar-refractivity contribution in [3.05, 3.63) is 28.2 Å². The molecule has 0 aromatic heterocycles. The lowest BCUT2D eigenvalue weighted by Gasteiger charge is -2.14. The molecule has 2 rings (SSSR count). The van der Waals surface area contributed by atoms with E-state index in [-0.39, 0.29) is 24.2 Å². The number of amides is 1. The van der Waals surface area contributed by atoms with Crippen LogP contribution in [0.3, 0.4) is 0 Å². The van der Waals surface area contributed by atoms with E-state index in [0.717, 1.165) is 35.2 Å². The van der Waals surface area contributed by atoms with Crippen LogP contribution in [-0.4, -0.2) is 26.1 Å². The average Bonchev–Trinajstić information content (AvgIpc) is 2.87. The first-order valence-electron chi connectivity index (χ1n) is 6.00. The van der Waals surface area contributed by atoms with Crippen molar-refractivity contribution in [3.63, 3.8) is 0 Å². The van der Waals surface area contributed by atoms with E-state index in [2.05, 4.69) is 26.6 Å². The van der Waals surface area contributed by atoms with Gasteiger partial charge >= 0.3 is 0 Å². The van der Waals surface area contributed by atoms with Gasteiger partial charge in [-0.05, 0) is 25.1 Å². The van der Waals surface area contributed by atoms with E-state index in [4.69, 9.17) is 4.74 Å². The number of carbonyl (C=O) groups excluding carboxylic acids is 1. The normalized spacial score (nSPS) is 17.9. The molecule has 2 N–H and O–H groups in total. The Morgan fingerprint density at radius 2 is 2.37 bits per heavy atom. The number of ether oxygens (including phenoxy) is 1. The smallest absolute Gasteiger partial charge is 0.228 e. The molecule has 0 saturated carbocycles. The summed E-state index contributed by atoms with van der Waals surface area (Å²) in [7, 11) is 1.64. The van der Waals surface area contributed by atoms with Crippen LogP contribution < -0.4 is 10.6 Å². The Balaban J connectivity index is 0.00000180. The fourth-order valence-corrected chi connectivity index (χ4v) is 2.56. The Hall–Kier alpha value is -0.620. The number of rotatable bonds is 4. The van der Waals surface area contributed by atoms with E-state index < -0.39 is 0 Å². The summed E-state index contributed by atoms with van der Waals surface area (Å²) >= 11 is 3.48. The second-order valence-electron chi connectivity index (χ2n) is 4.38. The molecule has 106 valence electrons.